The van der Waals surface area contributed by atoms with Crippen LogP contribution in [0, 0.1) is 11.3 Å². The highest BCUT2D eigenvalue weighted by atomic mass is 16.5. The fourth-order valence-corrected chi connectivity index (χ4v) is 5.93. The minimum Gasteiger partial charge on any atom is -0.379 e. The van der Waals surface area contributed by atoms with Gasteiger partial charge in [0.2, 0.25) is 5.91 Å². The predicted molar refractivity (Wildman–Crippen MR) is 123 cm³/mol. The molecule has 3 fully saturated rings. The van der Waals surface area contributed by atoms with Crippen molar-refractivity contribution >= 4 is 5.91 Å². The lowest BCUT2D eigenvalue weighted by Gasteiger charge is -2.50. The summed E-state index contributed by atoms with van der Waals surface area (Å²) in [5, 5.41) is 6.79. The van der Waals surface area contributed by atoms with E-state index in [9.17, 15) is 4.79 Å². The quantitative estimate of drug-likeness (QED) is 0.724. The van der Waals surface area contributed by atoms with Crippen LogP contribution in [0.15, 0.2) is 42.7 Å². The lowest BCUT2D eigenvalue weighted by molar-refractivity contribution is -0.140. The van der Waals surface area contributed by atoms with E-state index in [1.165, 1.54) is 5.56 Å². The fraction of sp³-hybridized carbons (Fsp3) is 0.600. The van der Waals surface area contributed by atoms with Gasteiger partial charge in [-0.05, 0) is 43.7 Å². The van der Waals surface area contributed by atoms with Gasteiger partial charge in [0, 0.05) is 44.6 Å². The summed E-state index contributed by atoms with van der Waals surface area (Å²) in [6.07, 6.45) is 8.06. The summed E-state index contributed by atoms with van der Waals surface area (Å²) in [6.45, 7) is 6.77. The Kier molecular flexibility index (Phi) is 6.57. The van der Waals surface area contributed by atoms with Crippen LogP contribution >= 0.6 is 0 Å². The molecule has 32 heavy (non-hydrogen) atoms. The molecule has 2 aliphatic heterocycles. The summed E-state index contributed by atoms with van der Waals surface area (Å²) in [6, 6.07) is 11.0. The van der Waals surface area contributed by atoms with Crippen molar-refractivity contribution in [2.24, 2.45) is 11.3 Å². The second kappa shape index (κ2) is 9.73. The lowest BCUT2D eigenvalue weighted by Crippen LogP contribution is -2.60. The molecule has 172 valence electrons. The van der Waals surface area contributed by atoms with Crippen LogP contribution in [0.5, 0.6) is 0 Å². The van der Waals surface area contributed by atoms with E-state index in [1.54, 1.807) is 0 Å². The third kappa shape index (κ3) is 4.47. The number of carbonyl (C=O) groups is 1. The van der Waals surface area contributed by atoms with Crippen LogP contribution in [0.1, 0.15) is 37.1 Å². The molecule has 2 aromatic rings. The fourth-order valence-electron chi connectivity index (χ4n) is 5.93. The Bertz CT molecular complexity index is 895. The van der Waals surface area contributed by atoms with Gasteiger partial charge in [-0.3, -0.25) is 9.69 Å². The number of piperidine rings is 1. The average molecular weight is 438 g/mol. The maximum atomic E-state index is 13.6. The zero-order chi connectivity index (χ0) is 21.8. The van der Waals surface area contributed by atoms with Gasteiger partial charge in [-0.2, -0.15) is 0 Å². The molecule has 1 aliphatic carbocycles. The molecule has 5 rings (SSSR count). The molecule has 1 aromatic carbocycles. The van der Waals surface area contributed by atoms with Crippen LogP contribution in [-0.4, -0.2) is 65.8 Å². The highest BCUT2D eigenvalue weighted by Crippen LogP contribution is 2.46. The van der Waals surface area contributed by atoms with Gasteiger partial charge in [0.05, 0.1) is 25.2 Å². The van der Waals surface area contributed by atoms with Crippen molar-refractivity contribution in [3.8, 4) is 0 Å². The number of fused-ring (bicyclic) bond motifs is 1. The molecule has 3 heterocycles. The van der Waals surface area contributed by atoms with E-state index >= 15 is 0 Å². The predicted octanol–water partition coefficient (Wildman–Crippen LogP) is 2.03. The van der Waals surface area contributed by atoms with Crippen LogP contribution in [0.2, 0.25) is 0 Å². The number of hydrogen-bond donors (Lipinski definition) is 2. The molecular weight excluding hydrogens is 402 g/mol. The number of nitrogens with one attached hydrogen (secondary N) is 2. The lowest BCUT2D eigenvalue weighted by atomic mass is 9.61. The van der Waals surface area contributed by atoms with Gasteiger partial charge in [-0.15, -0.1) is 0 Å². The molecule has 1 saturated carbocycles. The highest BCUT2D eigenvalue weighted by molar-refractivity contribution is 5.83. The number of benzene rings is 1. The zero-order valence-corrected chi connectivity index (χ0v) is 18.8. The summed E-state index contributed by atoms with van der Waals surface area (Å²) >= 11 is 0. The first-order valence-corrected chi connectivity index (χ1v) is 12.1. The van der Waals surface area contributed by atoms with Crippen LogP contribution in [-0.2, 0) is 22.6 Å². The van der Waals surface area contributed by atoms with E-state index < -0.39 is 0 Å². The van der Waals surface area contributed by atoms with Crippen molar-refractivity contribution in [2.45, 2.75) is 44.8 Å². The molecule has 2 N–H and O–H groups in total. The van der Waals surface area contributed by atoms with Crippen molar-refractivity contribution in [3.63, 3.8) is 0 Å². The molecule has 0 radical (unpaired) electrons. The maximum Gasteiger partial charge on any atom is 0.228 e. The van der Waals surface area contributed by atoms with Crippen molar-refractivity contribution in [1.29, 1.82) is 0 Å². The molecule has 7 heteroatoms. The molecule has 1 amide bonds. The largest absolute Gasteiger partial charge is 0.379 e. The van der Waals surface area contributed by atoms with Gasteiger partial charge >= 0.3 is 0 Å². The van der Waals surface area contributed by atoms with Crippen molar-refractivity contribution < 1.29 is 9.53 Å². The Balaban J connectivity index is 1.23. The van der Waals surface area contributed by atoms with E-state index in [1.807, 2.05) is 18.5 Å². The summed E-state index contributed by atoms with van der Waals surface area (Å²) in [5.74, 6) is 1.54. The Morgan fingerprint density at radius 1 is 1.22 bits per heavy atom. The Hall–Kier alpha value is -2.22. The van der Waals surface area contributed by atoms with Crippen molar-refractivity contribution in [3.05, 3.63) is 54.1 Å². The number of amides is 1. The molecule has 0 bridgehead atoms. The van der Waals surface area contributed by atoms with Gasteiger partial charge < -0.3 is 19.9 Å². The molecule has 3 aliphatic rings. The Morgan fingerprint density at radius 2 is 2.06 bits per heavy atom. The first-order chi connectivity index (χ1) is 15.7. The smallest absolute Gasteiger partial charge is 0.228 e. The monoisotopic (exact) mass is 437 g/mol. The average Bonchev–Trinajstić information content (AvgIpc) is 3.30. The number of carbonyl (C=O) groups excluding carboxylic acids is 1. The molecule has 1 aromatic heterocycles. The Morgan fingerprint density at radius 3 is 2.91 bits per heavy atom. The zero-order valence-electron chi connectivity index (χ0n) is 18.8. The summed E-state index contributed by atoms with van der Waals surface area (Å²) in [5.41, 5.74) is 0.937. The summed E-state index contributed by atoms with van der Waals surface area (Å²) in [7, 11) is 0. The number of morpholine rings is 1. The first-order valence-electron chi connectivity index (χ1n) is 12.1. The molecule has 1 unspecified atom stereocenters. The number of nitrogens with zero attached hydrogens (tertiary/aromatic N) is 3. The van der Waals surface area contributed by atoms with Gasteiger partial charge in [-0.25, -0.2) is 4.98 Å². The van der Waals surface area contributed by atoms with E-state index in [2.05, 4.69) is 49.4 Å². The highest BCUT2D eigenvalue weighted by Gasteiger charge is 2.50. The number of hydrogen-bond acceptors (Lipinski definition) is 5. The first kappa shape index (κ1) is 21.6. The topological polar surface area (TPSA) is 71.4 Å². The van der Waals surface area contributed by atoms with Gasteiger partial charge in [0.25, 0.3) is 0 Å². The van der Waals surface area contributed by atoms with Crippen LogP contribution < -0.4 is 10.6 Å². The minimum absolute atomic E-state index is 0.199. The summed E-state index contributed by atoms with van der Waals surface area (Å²) < 4.78 is 7.67. The van der Waals surface area contributed by atoms with Crippen LogP contribution in [0.25, 0.3) is 0 Å². The SMILES string of the molecule is O=C(NCc1nccn1Cc1ccccc1)[C@@]12CCC(N3CCOCC3)C[C@H]1CCNC2. The number of rotatable bonds is 6. The number of aromatic nitrogens is 2. The normalized spacial score (nSPS) is 28.8. The minimum atomic E-state index is -0.294. The molecule has 3 atom stereocenters. The van der Waals surface area contributed by atoms with Crippen LogP contribution in [0.4, 0.5) is 0 Å². The second-order valence-corrected chi connectivity index (χ2v) is 9.53. The second-order valence-electron chi connectivity index (χ2n) is 9.53. The molecule has 0 spiro atoms. The molecule has 7 nitrogen and oxygen atoms in total. The number of imidazole rings is 1. The van der Waals surface area contributed by atoms with Gasteiger partial charge in [0.15, 0.2) is 0 Å². The van der Waals surface area contributed by atoms with Gasteiger partial charge in [0.1, 0.15) is 5.82 Å². The van der Waals surface area contributed by atoms with Crippen molar-refractivity contribution in [2.75, 3.05) is 39.4 Å². The third-order valence-corrected chi connectivity index (χ3v) is 7.79. The standard InChI is InChI=1S/C25H35N5O2/c31-24(28-17-23-27-10-11-30(23)18-20-4-2-1-3-5-20)25-8-6-22(29-12-14-32-15-13-29)16-21(25)7-9-26-19-25/h1-5,10-11,21-22,26H,6-9,12-19H2,(H,28,31)/t21-,22?,25-/m1/s1. The van der Waals surface area contributed by atoms with E-state index in [4.69, 9.17) is 4.74 Å². The molecular formula is C25H35N5O2. The molecule has 2 saturated heterocycles. The van der Waals surface area contributed by atoms with E-state index in [0.717, 1.165) is 77.4 Å². The van der Waals surface area contributed by atoms with E-state index in [-0.39, 0.29) is 11.3 Å². The van der Waals surface area contributed by atoms with E-state index in [0.29, 0.717) is 18.5 Å². The van der Waals surface area contributed by atoms with Gasteiger partial charge in [-0.1, -0.05) is 30.3 Å². The summed E-state index contributed by atoms with van der Waals surface area (Å²) in [4.78, 5) is 20.7. The number of ether oxygens (including phenoxy) is 1. The van der Waals surface area contributed by atoms with Crippen molar-refractivity contribution in [1.82, 2.24) is 25.1 Å². The maximum absolute atomic E-state index is 13.6. The Labute approximate surface area is 190 Å². The van der Waals surface area contributed by atoms with Crippen LogP contribution in [0.3, 0.4) is 0 Å². The third-order valence-electron chi connectivity index (χ3n) is 7.79.